The van der Waals surface area contributed by atoms with Crippen LogP contribution < -0.4 is 10.2 Å². The fraction of sp³-hybridized carbons (Fsp3) is 0.462. The van der Waals surface area contributed by atoms with Crippen LogP contribution in [0.2, 0.25) is 0 Å². The summed E-state index contributed by atoms with van der Waals surface area (Å²) in [6.07, 6.45) is 7.92. The molecule has 5 rings (SSSR count). The van der Waals surface area contributed by atoms with E-state index in [0.29, 0.717) is 26.2 Å². The number of carbonyl (C=O) groups is 1. The van der Waals surface area contributed by atoms with Crippen molar-refractivity contribution in [3.05, 3.63) is 59.8 Å². The van der Waals surface area contributed by atoms with Gasteiger partial charge in [0.05, 0.1) is 49.4 Å². The second-order valence-electron chi connectivity index (χ2n) is 9.07. The van der Waals surface area contributed by atoms with Crippen molar-refractivity contribution < 1.29 is 19.0 Å². The zero-order valence-electron chi connectivity index (χ0n) is 19.2. The first-order valence-corrected chi connectivity index (χ1v) is 11.8. The van der Waals surface area contributed by atoms with Crippen molar-refractivity contribution in [1.29, 1.82) is 0 Å². The number of benzene rings is 1. The van der Waals surface area contributed by atoms with Crippen LogP contribution in [0.15, 0.2) is 48.7 Å². The molecule has 1 amide bonds. The molecule has 7 nitrogen and oxygen atoms in total. The van der Waals surface area contributed by atoms with E-state index in [2.05, 4.69) is 28.5 Å². The quantitative estimate of drug-likeness (QED) is 0.685. The van der Waals surface area contributed by atoms with Crippen molar-refractivity contribution in [2.24, 2.45) is 0 Å². The van der Waals surface area contributed by atoms with Crippen LogP contribution in [0, 0.1) is 0 Å². The van der Waals surface area contributed by atoms with Gasteiger partial charge >= 0.3 is 0 Å². The van der Waals surface area contributed by atoms with E-state index in [1.807, 2.05) is 43.0 Å². The lowest BCUT2D eigenvalue weighted by Gasteiger charge is -2.33. The van der Waals surface area contributed by atoms with Crippen molar-refractivity contribution in [1.82, 2.24) is 4.98 Å². The molecule has 33 heavy (non-hydrogen) atoms. The lowest BCUT2D eigenvalue weighted by atomic mass is 10.0. The molecule has 1 unspecified atom stereocenters. The predicted molar refractivity (Wildman–Crippen MR) is 127 cm³/mol. The lowest BCUT2D eigenvalue weighted by molar-refractivity contribution is -0.143. The molecule has 3 atom stereocenters. The van der Waals surface area contributed by atoms with Gasteiger partial charge in [0.2, 0.25) is 0 Å². The van der Waals surface area contributed by atoms with E-state index in [1.165, 1.54) is 0 Å². The summed E-state index contributed by atoms with van der Waals surface area (Å²) in [5.41, 5.74) is 3.72. The van der Waals surface area contributed by atoms with Crippen LogP contribution in [0.4, 0.5) is 17.2 Å². The molecule has 7 heteroatoms. The Bertz CT molecular complexity index is 1030. The zero-order chi connectivity index (χ0) is 22.8. The van der Waals surface area contributed by atoms with Crippen molar-refractivity contribution in [3.63, 3.8) is 0 Å². The van der Waals surface area contributed by atoms with Gasteiger partial charge in [-0.1, -0.05) is 24.3 Å². The smallest absolute Gasteiger partial charge is 0.256 e. The molecule has 4 heterocycles. The first-order chi connectivity index (χ1) is 16.1. The largest absolute Gasteiger partial charge is 0.373 e. The van der Waals surface area contributed by atoms with Crippen molar-refractivity contribution in [2.45, 2.75) is 64.1 Å². The summed E-state index contributed by atoms with van der Waals surface area (Å²) >= 11 is 0. The number of fused-ring (bicyclic) bond motifs is 2. The van der Waals surface area contributed by atoms with Gasteiger partial charge in [0.1, 0.15) is 11.9 Å². The molecule has 0 spiro atoms. The number of nitrogens with one attached hydrogen (secondary N) is 1. The van der Waals surface area contributed by atoms with E-state index in [4.69, 9.17) is 14.2 Å². The highest BCUT2D eigenvalue weighted by Crippen LogP contribution is 2.39. The van der Waals surface area contributed by atoms with E-state index in [9.17, 15) is 4.79 Å². The minimum Gasteiger partial charge on any atom is -0.373 e. The fourth-order valence-electron chi connectivity index (χ4n) is 4.68. The molecule has 0 saturated carbocycles. The SMILES string of the molecule is CC(C)O[C@H]1CC[C@H](C(=O)N2Cc3cccnc3Nc3ccc(C4CC=CCO4)cc32)OC1. The lowest BCUT2D eigenvalue weighted by Crippen LogP contribution is -2.44. The maximum absolute atomic E-state index is 13.8. The summed E-state index contributed by atoms with van der Waals surface area (Å²) in [5, 5.41) is 3.43. The third-order valence-corrected chi connectivity index (χ3v) is 6.31. The highest BCUT2D eigenvalue weighted by atomic mass is 16.5. The predicted octanol–water partition coefficient (Wildman–Crippen LogP) is 4.66. The summed E-state index contributed by atoms with van der Waals surface area (Å²) in [5.74, 6) is 0.743. The van der Waals surface area contributed by atoms with Gasteiger partial charge in [-0.25, -0.2) is 4.98 Å². The van der Waals surface area contributed by atoms with Gasteiger partial charge in [-0.05, 0) is 56.9 Å². The van der Waals surface area contributed by atoms with E-state index in [0.717, 1.165) is 41.2 Å². The number of pyridine rings is 1. The van der Waals surface area contributed by atoms with Gasteiger partial charge in [-0.2, -0.15) is 0 Å². The number of aromatic nitrogens is 1. The molecule has 1 aromatic carbocycles. The molecule has 0 radical (unpaired) electrons. The molecular formula is C26H31N3O4. The van der Waals surface area contributed by atoms with Gasteiger partial charge in [0.25, 0.3) is 5.91 Å². The molecule has 1 aromatic heterocycles. The number of rotatable bonds is 4. The van der Waals surface area contributed by atoms with E-state index in [-0.39, 0.29) is 24.2 Å². The minimum absolute atomic E-state index is 0.0131. The molecule has 1 fully saturated rings. The summed E-state index contributed by atoms with van der Waals surface area (Å²) in [6, 6.07) is 10.1. The second-order valence-corrected chi connectivity index (χ2v) is 9.07. The Hall–Kier alpha value is -2.74. The molecule has 3 aliphatic heterocycles. The molecule has 2 aromatic rings. The van der Waals surface area contributed by atoms with Crippen molar-refractivity contribution in [2.75, 3.05) is 23.4 Å². The number of ether oxygens (including phenoxy) is 3. The number of carbonyl (C=O) groups excluding carboxylic acids is 1. The number of hydrogen-bond donors (Lipinski definition) is 1. The number of hydrogen-bond acceptors (Lipinski definition) is 6. The van der Waals surface area contributed by atoms with Crippen molar-refractivity contribution in [3.8, 4) is 0 Å². The number of anilines is 3. The van der Waals surface area contributed by atoms with Crippen molar-refractivity contribution >= 4 is 23.1 Å². The third kappa shape index (κ3) is 4.81. The number of amides is 1. The average Bonchev–Trinajstić information content (AvgIpc) is 3.00. The highest BCUT2D eigenvalue weighted by Gasteiger charge is 2.34. The zero-order valence-corrected chi connectivity index (χ0v) is 19.2. The van der Waals surface area contributed by atoms with Crippen LogP contribution in [0.5, 0.6) is 0 Å². The Morgan fingerprint density at radius 3 is 2.88 bits per heavy atom. The monoisotopic (exact) mass is 449 g/mol. The minimum atomic E-state index is -0.486. The van der Waals surface area contributed by atoms with Gasteiger partial charge < -0.3 is 24.4 Å². The van der Waals surface area contributed by atoms with E-state index < -0.39 is 6.10 Å². The molecule has 1 saturated heterocycles. The highest BCUT2D eigenvalue weighted by molar-refractivity contribution is 6.01. The Balaban J connectivity index is 1.44. The van der Waals surface area contributed by atoms with Crippen LogP contribution in [0.3, 0.4) is 0 Å². The summed E-state index contributed by atoms with van der Waals surface area (Å²) < 4.78 is 17.8. The Morgan fingerprint density at radius 1 is 1.21 bits per heavy atom. The fourth-order valence-corrected chi connectivity index (χ4v) is 4.68. The third-order valence-electron chi connectivity index (χ3n) is 6.31. The van der Waals surface area contributed by atoms with Crippen LogP contribution in [-0.4, -0.2) is 42.4 Å². The molecular weight excluding hydrogens is 418 g/mol. The van der Waals surface area contributed by atoms with Gasteiger partial charge in [0.15, 0.2) is 0 Å². The standard InChI is InChI=1S/C26H31N3O4/c1-17(2)33-20-9-11-24(32-16-20)26(30)29-15-19-6-5-12-27-25(19)28-21-10-8-18(14-22(21)29)23-7-3-4-13-31-23/h3-6,8,10,12,14,17,20,23-24H,7,9,11,13,15-16H2,1-2H3,(H,27,28)/t20-,23?,24+/m0/s1. The molecule has 3 aliphatic rings. The van der Waals surface area contributed by atoms with Crippen LogP contribution in [0.25, 0.3) is 0 Å². The number of nitrogens with zero attached hydrogens (tertiary/aromatic N) is 2. The van der Waals surface area contributed by atoms with Crippen LogP contribution in [-0.2, 0) is 25.5 Å². The summed E-state index contributed by atoms with van der Waals surface area (Å²) in [4.78, 5) is 20.1. The average molecular weight is 450 g/mol. The van der Waals surface area contributed by atoms with E-state index >= 15 is 0 Å². The summed E-state index contributed by atoms with van der Waals surface area (Å²) in [7, 11) is 0. The molecule has 0 bridgehead atoms. The van der Waals surface area contributed by atoms with E-state index in [1.54, 1.807) is 6.20 Å². The molecule has 0 aliphatic carbocycles. The first kappa shape index (κ1) is 22.1. The van der Waals surface area contributed by atoms with Gasteiger partial charge in [0, 0.05) is 11.8 Å². The van der Waals surface area contributed by atoms with Gasteiger partial charge in [-0.15, -0.1) is 0 Å². The Kier molecular flexibility index (Phi) is 6.44. The molecule has 1 N–H and O–H groups in total. The molecule has 174 valence electrons. The first-order valence-electron chi connectivity index (χ1n) is 11.8. The van der Waals surface area contributed by atoms with Crippen LogP contribution in [0.1, 0.15) is 50.3 Å². The summed E-state index contributed by atoms with van der Waals surface area (Å²) in [6.45, 7) is 5.52. The topological polar surface area (TPSA) is 72.9 Å². The maximum atomic E-state index is 13.8. The maximum Gasteiger partial charge on any atom is 0.256 e. The second kappa shape index (κ2) is 9.63. The van der Waals surface area contributed by atoms with Gasteiger partial charge in [-0.3, -0.25) is 4.79 Å². The van der Waals surface area contributed by atoms with Crippen LogP contribution >= 0.6 is 0 Å². The normalized spacial score (nSPS) is 24.6. The Morgan fingerprint density at radius 2 is 2.12 bits per heavy atom. The Labute approximate surface area is 194 Å².